The van der Waals surface area contributed by atoms with Crippen LogP contribution in [-0.2, 0) is 4.79 Å². The average molecular weight is 275 g/mol. The molecule has 0 aromatic heterocycles. The van der Waals surface area contributed by atoms with Crippen LogP contribution < -0.4 is 10.6 Å². The highest BCUT2D eigenvalue weighted by Gasteiger charge is 2.11. The first kappa shape index (κ1) is 16.2. The zero-order valence-corrected chi connectivity index (χ0v) is 12.7. The summed E-state index contributed by atoms with van der Waals surface area (Å²) < 4.78 is 0. The van der Waals surface area contributed by atoms with Crippen molar-refractivity contribution < 1.29 is 4.79 Å². The fourth-order valence-corrected chi connectivity index (χ4v) is 2.00. The summed E-state index contributed by atoms with van der Waals surface area (Å²) in [6.45, 7) is 10.4. The molecule has 110 valence electrons. The van der Waals surface area contributed by atoms with Crippen LogP contribution in [0.15, 0.2) is 24.8 Å². The second-order valence-electron chi connectivity index (χ2n) is 4.73. The summed E-state index contributed by atoms with van der Waals surface area (Å²) in [5.74, 6) is 0.110. The van der Waals surface area contributed by atoms with Crippen molar-refractivity contribution in [1.29, 1.82) is 0 Å². The van der Waals surface area contributed by atoms with Gasteiger partial charge in [0.25, 0.3) is 0 Å². The minimum Gasteiger partial charge on any atom is -0.376 e. The number of hydrogen-bond donors (Lipinski definition) is 2. The summed E-state index contributed by atoms with van der Waals surface area (Å²) in [6.07, 6.45) is 1.80. The SMILES string of the molecule is C=Cc1cc(C)ccc1NCC(=O)N(CC)CCNC. The minimum atomic E-state index is 0.110. The molecule has 0 saturated heterocycles. The van der Waals surface area contributed by atoms with E-state index in [1.54, 1.807) is 6.08 Å². The van der Waals surface area contributed by atoms with Gasteiger partial charge in [0, 0.05) is 25.3 Å². The molecule has 4 nitrogen and oxygen atoms in total. The van der Waals surface area contributed by atoms with Crippen molar-refractivity contribution in [1.82, 2.24) is 10.2 Å². The Bertz CT molecular complexity index is 457. The Kier molecular flexibility index (Phi) is 6.81. The molecule has 2 N–H and O–H groups in total. The second-order valence-corrected chi connectivity index (χ2v) is 4.73. The number of carbonyl (C=O) groups excluding carboxylic acids is 1. The van der Waals surface area contributed by atoms with Gasteiger partial charge in [0.15, 0.2) is 0 Å². The summed E-state index contributed by atoms with van der Waals surface area (Å²) in [4.78, 5) is 14.0. The molecule has 0 aliphatic rings. The van der Waals surface area contributed by atoms with E-state index >= 15 is 0 Å². The van der Waals surface area contributed by atoms with Crippen LogP contribution in [0.1, 0.15) is 18.1 Å². The van der Waals surface area contributed by atoms with Crippen LogP contribution in [0, 0.1) is 6.92 Å². The number of hydrogen-bond acceptors (Lipinski definition) is 3. The zero-order chi connectivity index (χ0) is 15.0. The maximum Gasteiger partial charge on any atom is 0.241 e. The highest BCUT2D eigenvalue weighted by atomic mass is 16.2. The van der Waals surface area contributed by atoms with Crippen LogP contribution in [-0.4, -0.2) is 44.0 Å². The molecule has 0 heterocycles. The van der Waals surface area contributed by atoms with Gasteiger partial charge in [-0.15, -0.1) is 0 Å². The largest absolute Gasteiger partial charge is 0.376 e. The number of anilines is 1. The number of nitrogens with one attached hydrogen (secondary N) is 2. The summed E-state index contributed by atoms with van der Waals surface area (Å²) in [6, 6.07) is 6.07. The van der Waals surface area contributed by atoms with Crippen LogP contribution in [0.25, 0.3) is 6.08 Å². The molecule has 0 bridgehead atoms. The van der Waals surface area contributed by atoms with Crippen molar-refractivity contribution in [3.63, 3.8) is 0 Å². The van der Waals surface area contributed by atoms with E-state index in [2.05, 4.69) is 23.3 Å². The van der Waals surface area contributed by atoms with E-state index in [0.29, 0.717) is 6.54 Å². The number of rotatable bonds is 8. The maximum atomic E-state index is 12.1. The van der Waals surface area contributed by atoms with E-state index in [-0.39, 0.29) is 5.91 Å². The number of benzene rings is 1. The van der Waals surface area contributed by atoms with Gasteiger partial charge in [0.2, 0.25) is 5.91 Å². The van der Waals surface area contributed by atoms with Gasteiger partial charge < -0.3 is 15.5 Å². The molecule has 0 saturated carbocycles. The van der Waals surface area contributed by atoms with Crippen LogP contribution in [0.4, 0.5) is 5.69 Å². The molecular weight excluding hydrogens is 250 g/mol. The highest BCUT2D eigenvalue weighted by molar-refractivity contribution is 5.82. The van der Waals surface area contributed by atoms with Gasteiger partial charge in [-0.1, -0.05) is 24.3 Å². The number of nitrogens with zero attached hydrogens (tertiary/aromatic N) is 1. The van der Waals surface area contributed by atoms with E-state index in [0.717, 1.165) is 30.9 Å². The van der Waals surface area contributed by atoms with E-state index < -0.39 is 0 Å². The van der Waals surface area contributed by atoms with Crippen molar-refractivity contribution >= 4 is 17.7 Å². The topological polar surface area (TPSA) is 44.4 Å². The monoisotopic (exact) mass is 275 g/mol. The van der Waals surface area contributed by atoms with Crippen LogP contribution in [0.3, 0.4) is 0 Å². The van der Waals surface area contributed by atoms with E-state index in [4.69, 9.17) is 0 Å². The molecule has 4 heteroatoms. The lowest BCUT2D eigenvalue weighted by Gasteiger charge is -2.21. The fourth-order valence-electron chi connectivity index (χ4n) is 2.00. The van der Waals surface area contributed by atoms with Crippen LogP contribution in [0.2, 0.25) is 0 Å². The zero-order valence-electron chi connectivity index (χ0n) is 12.7. The average Bonchev–Trinajstić information content (AvgIpc) is 2.46. The number of amides is 1. The van der Waals surface area contributed by atoms with Gasteiger partial charge in [-0.25, -0.2) is 0 Å². The normalized spacial score (nSPS) is 10.2. The van der Waals surface area contributed by atoms with Crippen LogP contribution in [0.5, 0.6) is 0 Å². The molecule has 1 aromatic carbocycles. The molecule has 1 amide bonds. The molecule has 1 rings (SSSR count). The molecule has 0 radical (unpaired) electrons. The lowest BCUT2D eigenvalue weighted by Crippen LogP contribution is -2.39. The highest BCUT2D eigenvalue weighted by Crippen LogP contribution is 2.18. The fraction of sp³-hybridized carbons (Fsp3) is 0.438. The summed E-state index contributed by atoms with van der Waals surface area (Å²) in [5.41, 5.74) is 3.15. The van der Waals surface area contributed by atoms with Crippen molar-refractivity contribution in [3.05, 3.63) is 35.9 Å². The smallest absolute Gasteiger partial charge is 0.241 e. The molecule has 20 heavy (non-hydrogen) atoms. The third-order valence-corrected chi connectivity index (χ3v) is 3.22. The molecule has 0 atom stereocenters. The number of carbonyl (C=O) groups is 1. The maximum absolute atomic E-state index is 12.1. The van der Waals surface area contributed by atoms with E-state index in [1.807, 2.05) is 37.9 Å². The predicted molar refractivity (Wildman–Crippen MR) is 85.9 cm³/mol. The molecule has 0 fully saturated rings. The Morgan fingerprint density at radius 1 is 1.45 bits per heavy atom. The van der Waals surface area contributed by atoms with E-state index in [9.17, 15) is 4.79 Å². The van der Waals surface area contributed by atoms with Gasteiger partial charge in [-0.2, -0.15) is 0 Å². The van der Waals surface area contributed by atoms with Gasteiger partial charge in [0.05, 0.1) is 6.54 Å². The summed E-state index contributed by atoms with van der Waals surface area (Å²) in [5, 5.41) is 6.26. The van der Waals surface area contributed by atoms with Gasteiger partial charge in [-0.05, 0) is 38.6 Å². The first-order valence-electron chi connectivity index (χ1n) is 7.01. The third kappa shape index (κ3) is 4.70. The Balaban J connectivity index is 2.61. The lowest BCUT2D eigenvalue weighted by molar-refractivity contribution is -0.129. The minimum absolute atomic E-state index is 0.110. The molecule has 0 aliphatic heterocycles. The quantitative estimate of drug-likeness (QED) is 0.764. The van der Waals surface area contributed by atoms with Crippen molar-refractivity contribution in [2.45, 2.75) is 13.8 Å². The third-order valence-electron chi connectivity index (χ3n) is 3.22. The first-order chi connectivity index (χ1) is 9.62. The first-order valence-corrected chi connectivity index (χ1v) is 7.01. The van der Waals surface area contributed by atoms with E-state index in [1.165, 1.54) is 5.56 Å². The Morgan fingerprint density at radius 2 is 2.20 bits per heavy atom. The summed E-state index contributed by atoms with van der Waals surface area (Å²) in [7, 11) is 1.89. The van der Waals surface area contributed by atoms with Gasteiger partial charge in [-0.3, -0.25) is 4.79 Å². The molecule has 1 aromatic rings. The number of likely N-dealkylation sites (N-methyl/N-ethyl adjacent to an activating group) is 2. The van der Waals surface area contributed by atoms with Gasteiger partial charge >= 0.3 is 0 Å². The molecule has 0 aliphatic carbocycles. The molecular formula is C16H25N3O. The Labute approximate surface area is 121 Å². The predicted octanol–water partition coefficient (Wildman–Crippen LogP) is 2.12. The second kappa shape index (κ2) is 8.38. The Hall–Kier alpha value is -1.81. The van der Waals surface area contributed by atoms with Crippen molar-refractivity contribution in [2.24, 2.45) is 0 Å². The van der Waals surface area contributed by atoms with Crippen molar-refractivity contribution in [2.75, 3.05) is 38.5 Å². The Morgan fingerprint density at radius 3 is 2.80 bits per heavy atom. The molecule has 0 spiro atoms. The lowest BCUT2D eigenvalue weighted by atomic mass is 10.1. The standard InChI is InChI=1S/C16H25N3O/c1-5-14-11-13(3)7-8-15(14)18-12-16(20)19(6-2)10-9-17-4/h5,7-8,11,17-18H,1,6,9-10,12H2,2-4H3. The van der Waals surface area contributed by atoms with Crippen LogP contribution >= 0.6 is 0 Å². The summed E-state index contributed by atoms with van der Waals surface area (Å²) >= 11 is 0. The number of aryl methyl sites for hydroxylation is 1. The van der Waals surface area contributed by atoms with Crippen molar-refractivity contribution in [3.8, 4) is 0 Å². The van der Waals surface area contributed by atoms with Gasteiger partial charge in [0.1, 0.15) is 0 Å². The molecule has 0 unspecified atom stereocenters.